The number of halogens is 2. The normalized spacial score (nSPS) is 18.6. The monoisotopic (exact) mass is 504 g/mol. The van der Waals surface area contributed by atoms with E-state index in [9.17, 15) is 18.7 Å². The average molecular weight is 505 g/mol. The van der Waals surface area contributed by atoms with Gasteiger partial charge in [-0.2, -0.15) is 0 Å². The van der Waals surface area contributed by atoms with E-state index in [1.165, 1.54) is 73.4 Å². The van der Waals surface area contributed by atoms with E-state index in [1.54, 1.807) is 0 Å². The van der Waals surface area contributed by atoms with E-state index in [0.29, 0.717) is 11.5 Å². The molecule has 6 heteroatoms. The third-order valence-electron chi connectivity index (χ3n) is 7.79. The van der Waals surface area contributed by atoms with Crippen LogP contribution in [-0.2, 0) is 11.2 Å². The first kappa shape index (κ1) is 25.6. The van der Waals surface area contributed by atoms with Crippen LogP contribution in [0.1, 0.15) is 73.2 Å². The topological polar surface area (TPSA) is 61.4 Å². The van der Waals surface area contributed by atoms with E-state index in [4.69, 9.17) is 0 Å². The summed E-state index contributed by atoms with van der Waals surface area (Å²) in [5.74, 6) is -1.09. The highest BCUT2D eigenvalue weighted by Crippen LogP contribution is 2.45. The van der Waals surface area contributed by atoms with Gasteiger partial charge in [-0.3, -0.25) is 4.79 Å². The zero-order valence-corrected chi connectivity index (χ0v) is 21.1. The summed E-state index contributed by atoms with van der Waals surface area (Å²) < 4.78 is 27.5. The molecule has 4 nitrogen and oxygen atoms in total. The van der Waals surface area contributed by atoms with Gasteiger partial charge in [-0.05, 0) is 70.7 Å². The number of nitrogens with one attached hydrogen (secondary N) is 2. The molecule has 1 amide bonds. The Hall–Kier alpha value is -3.09. The van der Waals surface area contributed by atoms with Crippen LogP contribution in [0.2, 0.25) is 0 Å². The van der Waals surface area contributed by atoms with Crippen molar-refractivity contribution in [2.75, 3.05) is 6.54 Å². The van der Waals surface area contributed by atoms with Gasteiger partial charge in [0.1, 0.15) is 11.6 Å². The van der Waals surface area contributed by atoms with Crippen LogP contribution in [0.15, 0.2) is 60.7 Å². The molecule has 3 atom stereocenters. The molecule has 37 heavy (non-hydrogen) atoms. The summed E-state index contributed by atoms with van der Waals surface area (Å²) in [4.78, 5) is 11.9. The van der Waals surface area contributed by atoms with Gasteiger partial charge in [-0.1, -0.05) is 61.7 Å². The van der Waals surface area contributed by atoms with E-state index in [1.807, 2.05) is 12.1 Å². The number of hydrogen-bond donors (Lipinski definition) is 3. The lowest BCUT2D eigenvalue weighted by atomic mass is 9.83. The van der Waals surface area contributed by atoms with Crippen LogP contribution >= 0.6 is 0 Å². The third-order valence-corrected chi connectivity index (χ3v) is 7.79. The highest BCUT2D eigenvalue weighted by molar-refractivity contribution is 5.79. The maximum Gasteiger partial charge on any atom is 0.217 e. The Morgan fingerprint density at radius 2 is 1.65 bits per heavy atom. The molecule has 3 aromatic carbocycles. The predicted octanol–water partition coefficient (Wildman–Crippen LogP) is 5.78. The Kier molecular flexibility index (Phi) is 7.68. The summed E-state index contributed by atoms with van der Waals surface area (Å²) in [6.07, 6.45) is 5.45. The summed E-state index contributed by atoms with van der Waals surface area (Å²) >= 11 is 0. The molecule has 0 aliphatic heterocycles. The zero-order chi connectivity index (χ0) is 25.9. The van der Waals surface area contributed by atoms with Crippen molar-refractivity contribution < 1.29 is 18.7 Å². The Labute approximate surface area is 217 Å². The molecule has 0 spiro atoms. The molecule has 0 bridgehead atoms. The SMILES string of the molecule is CC(=O)N[C@@H](Cc1cc(F)cc(F)c1)[C@H](O)CNC1c2ccccc2-c2ccc(C3CCCCC3)cc21. The minimum atomic E-state index is -0.965. The van der Waals surface area contributed by atoms with Gasteiger partial charge in [0.2, 0.25) is 5.91 Å². The fourth-order valence-electron chi connectivity index (χ4n) is 6.04. The number of aliphatic hydroxyl groups excluding tert-OH is 1. The molecule has 0 heterocycles. The summed E-state index contributed by atoms with van der Waals surface area (Å²) in [6, 6.07) is 17.6. The van der Waals surface area contributed by atoms with Crippen molar-refractivity contribution in [3.05, 3.63) is 94.6 Å². The zero-order valence-electron chi connectivity index (χ0n) is 21.1. The molecular weight excluding hydrogens is 470 g/mol. The molecule has 0 radical (unpaired) electrons. The van der Waals surface area contributed by atoms with E-state index in [-0.39, 0.29) is 24.9 Å². The summed E-state index contributed by atoms with van der Waals surface area (Å²) in [5.41, 5.74) is 6.52. The number of carbonyl (C=O) groups excluding carboxylic acids is 1. The lowest BCUT2D eigenvalue weighted by Crippen LogP contribution is -2.48. The minimum absolute atomic E-state index is 0.0889. The summed E-state index contributed by atoms with van der Waals surface area (Å²) in [5, 5.41) is 17.4. The maximum atomic E-state index is 13.7. The molecule has 3 aromatic rings. The first-order valence-electron chi connectivity index (χ1n) is 13.3. The Balaban J connectivity index is 1.37. The number of carbonyl (C=O) groups is 1. The molecule has 0 aromatic heterocycles. The lowest BCUT2D eigenvalue weighted by molar-refractivity contribution is -0.120. The van der Waals surface area contributed by atoms with Crippen LogP contribution in [0, 0.1) is 11.6 Å². The predicted molar refractivity (Wildman–Crippen MR) is 141 cm³/mol. The highest BCUT2D eigenvalue weighted by Gasteiger charge is 2.31. The molecule has 2 aliphatic rings. The molecule has 0 saturated heterocycles. The number of hydrogen-bond acceptors (Lipinski definition) is 3. The standard InChI is InChI=1S/C31H34F2N2O2/c1-19(36)35-29(15-20-13-23(32)17-24(33)14-20)30(37)18-34-31-27-10-6-5-9-25(27)26-12-11-22(16-28(26)31)21-7-3-2-4-8-21/h5-6,9-14,16-17,21,29-31,34,37H,2-4,7-8,15,18H2,1H3,(H,35,36)/t29-,30+,31?/m0/s1. The summed E-state index contributed by atoms with van der Waals surface area (Å²) in [6.45, 7) is 1.57. The van der Waals surface area contributed by atoms with Gasteiger partial charge < -0.3 is 15.7 Å². The molecule has 1 saturated carbocycles. The number of rotatable bonds is 8. The molecule has 1 fully saturated rings. The Bertz CT molecular complexity index is 1250. The lowest BCUT2D eigenvalue weighted by Gasteiger charge is -2.27. The van der Waals surface area contributed by atoms with E-state index in [0.717, 1.165) is 11.6 Å². The van der Waals surface area contributed by atoms with Gasteiger partial charge in [-0.25, -0.2) is 8.78 Å². The van der Waals surface area contributed by atoms with Crippen molar-refractivity contribution in [2.24, 2.45) is 0 Å². The average Bonchev–Trinajstić information content (AvgIpc) is 3.19. The molecular formula is C31H34F2N2O2. The fourth-order valence-corrected chi connectivity index (χ4v) is 6.04. The maximum absolute atomic E-state index is 13.7. The van der Waals surface area contributed by atoms with Crippen molar-refractivity contribution in [1.29, 1.82) is 0 Å². The van der Waals surface area contributed by atoms with Gasteiger partial charge in [0.15, 0.2) is 0 Å². The largest absolute Gasteiger partial charge is 0.390 e. The number of fused-ring (bicyclic) bond motifs is 3. The molecule has 194 valence electrons. The second-order valence-corrected chi connectivity index (χ2v) is 10.5. The minimum Gasteiger partial charge on any atom is -0.390 e. The molecule has 3 N–H and O–H groups in total. The van der Waals surface area contributed by atoms with Crippen LogP contribution in [-0.4, -0.2) is 29.7 Å². The van der Waals surface area contributed by atoms with Crippen LogP contribution < -0.4 is 10.6 Å². The summed E-state index contributed by atoms with van der Waals surface area (Å²) in [7, 11) is 0. The van der Waals surface area contributed by atoms with Crippen molar-refractivity contribution in [3.8, 4) is 11.1 Å². The molecule has 5 rings (SSSR count). The number of aliphatic hydroxyl groups is 1. The Morgan fingerprint density at radius 1 is 0.946 bits per heavy atom. The smallest absolute Gasteiger partial charge is 0.217 e. The van der Waals surface area contributed by atoms with Crippen molar-refractivity contribution >= 4 is 5.91 Å². The van der Waals surface area contributed by atoms with Crippen LogP contribution in [0.3, 0.4) is 0 Å². The highest BCUT2D eigenvalue weighted by atomic mass is 19.1. The van der Waals surface area contributed by atoms with Gasteiger partial charge in [0, 0.05) is 19.5 Å². The Morgan fingerprint density at radius 3 is 2.38 bits per heavy atom. The number of benzene rings is 3. The first-order chi connectivity index (χ1) is 17.9. The second-order valence-electron chi connectivity index (χ2n) is 10.5. The van der Waals surface area contributed by atoms with E-state index >= 15 is 0 Å². The van der Waals surface area contributed by atoms with Crippen molar-refractivity contribution in [1.82, 2.24) is 10.6 Å². The third kappa shape index (κ3) is 5.76. The first-order valence-corrected chi connectivity index (χ1v) is 13.3. The van der Waals surface area contributed by atoms with Gasteiger partial charge in [0.25, 0.3) is 0 Å². The van der Waals surface area contributed by atoms with Crippen LogP contribution in [0.25, 0.3) is 11.1 Å². The second kappa shape index (κ2) is 11.1. The van der Waals surface area contributed by atoms with Gasteiger partial charge in [-0.15, -0.1) is 0 Å². The van der Waals surface area contributed by atoms with Crippen LogP contribution in [0.5, 0.6) is 0 Å². The van der Waals surface area contributed by atoms with E-state index < -0.39 is 23.8 Å². The quantitative estimate of drug-likeness (QED) is 0.364. The van der Waals surface area contributed by atoms with Gasteiger partial charge >= 0.3 is 0 Å². The van der Waals surface area contributed by atoms with Crippen molar-refractivity contribution in [2.45, 2.75) is 69.6 Å². The van der Waals surface area contributed by atoms with Gasteiger partial charge in [0.05, 0.1) is 18.2 Å². The molecule has 1 unspecified atom stereocenters. The molecule has 2 aliphatic carbocycles. The van der Waals surface area contributed by atoms with Crippen molar-refractivity contribution in [3.63, 3.8) is 0 Å². The van der Waals surface area contributed by atoms with E-state index in [2.05, 4.69) is 41.0 Å². The number of amides is 1. The van der Waals surface area contributed by atoms with Crippen LogP contribution in [0.4, 0.5) is 8.78 Å². The fraction of sp³-hybridized carbons (Fsp3) is 0.387.